The Balaban J connectivity index is 1.96. The van der Waals surface area contributed by atoms with E-state index in [1.54, 1.807) is 7.11 Å². The number of ether oxygens (including phenoxy) is 1. The molecule has 0 radical (unpaired) electrons. The summed E-state index contributed by atoms with van der Waals surface area (Å²) in [5.41, 5.74) is 2.07. The highest BCUT2D eigenvalue weighted by molar-refractivity contribution is 6.07. The zero-order valence-corrected chi connectivity index (χ0v) is 13.5. The van der Waals surface area contributed by atoms with Gasteiger partial charge < -0.3 is 9.84 Å². The van der Waals surface area contributed by atoms with Crippen molar-refractivity contribution < 1.29 is 9.84 Å². The average Bonchev–Trinajstić information content (AvgIpc) is 3.03. The summed E-state index contributed by atoms with van der Waals surface area (Å²) >= 11 is 0. The third-order valence-electron chi connectivity index (χ3n) is 4.48. The number of hydrogen-bond acceptors (Lipinski definition) is 3. The fraction of sp³-hybridized carbons (Fsp3) is 0.350. The van der Waals surface area contributed by atoms with Crippen LogP contribution >= 0.6 is 0 Å². The van der Waals surface area contributed by atoms with Gasteiger partial charge in [0.25, 0.3) is 0 Å². The molecule has 0 spiro atoms. The van der Waals surface area contributed by atoms with Crippen molar-refractivity contribution in [3.8, 4) is 5.75 Å². The van der Waals surface area contributed by atoms with Crippen molar-refractivity contribution in [2.75, 3.05) is 7.11 Å². The average molecular weight is 309 g/mol. The first-order valence-electron chi connectivity index (χ1n) is 8.17. The molecule has 1 N–H and O–H groups in total. The van der Waals surface area contributed by atoms with Gasteiger partial charge in [-0.25, -0.2) is 0 Å². The van der Waals surface area contributed by atoms with Gasteiger partial charge in [-0.1, -0.05) is 55.3 Å². The second-order valence-corrected chi connectivity index (χ2v) is 6.12. The minimum absolute atomic E-state index is 0.579. The SMILES string of the molecule is COc1cccc(/C(=N/Cc2ccccc2)C2(O)CCCC2)c1. The third kappa shape index (κ3) is 3.62. The van der Waals surface area contributed by atoms with E-state index in [0.717, 1.165) is 48.3 Å². The number of benzene rings is 2. The van der Waals surface area contributed by atoms with Crippen LogP contribution in [0, 0.1) is 0 Å². The molecule has 1 saturated carbocycles. The van der Waals surface area contributed by atoms with Gasteiger partial charge in [0.2, 0.25) is 0 Å². The number of aliphatic hydroxyl groups is 1. The number of methoxy groups -OCH3 is 1. The van der Waals surface area contributed by atoms with Gasteiger partial charge in [0.1, 0.15) is 11.4 Å². The highest BCUT2D eigenvalue weighted by atomic mass is 16.5. The van der Waals surface area contributed by atoms with Crippen LogP contribution in [0.15, 0.2) is 59.6 Å². The van der Waals surface area contributed by atoms with Gasteiger partial charge >= 0.3 is 0 Å². The quantitative estimate of drug-likeness (QED) is 0.849. The van der Waals surface area contributed by atoms with E-state index in [-0.39, 0.29) is 0 Å². The van der Waals surface area contributed by atoms with Crippen LogP contribution < -0.4 is 4.74 Å². The Morgan fingerprint density at radius 1 is 1.09 bits per heavy atom. The lowest BCUT2D eigenvalue weighted by atomic mass is 9.90. The number of nitrogens with zero attached hydrogens (tertiary/aromatic N) is 1. The zero-order valence-electron chi connectivity index (χ0n) is 13.5. The summed E-state index contributed by atoms with van der Waals surface area (Å²) in [6, 6.07) is 18.0. The summed E-state index contributed by atoms with van der Waals surface area (Å²) in [4.78, 5) is 4.80. The van der Waals surface area contributed by atoms with Gasteiger partial charge in [-0.15, -0.1) is 0 Å². The van der Waals surface area contributed by atoms with E-state index in [2.05, 4.69) is 12.1 Å². The summed E-state index contributed by atoms with van der Waals surface area (Å²) in [6.07, 6.45) is 3.64. The monoisotopic (exact) mass is 309 g/mol. The van der Waals surface area contributed by atoms with E-state index in [1.165, 1.54) is 0 Å². The minimum atomic E-state index is -0.818. The number of rotatable bonds is 5. The maximum absolute atomic E-state index is 11.1. The Bertz CT molecular complexity index is 673. The molecule has 0 unspecified atom stereocenters. The second kappa shape index (κ2) is 6.97. The predicted octanol–water partition coefficient (Wildman–Crippen LogP) is 3.99. The molecule has 0 aliphatic heterocycles. The molecular weight excluding hydrogens is 286 g/mol. The van der Waals surface area contributed by atoms with Gasteiger partial charge in [-0.3, -0.25) is 4.99 Å². The van der Waals surface area contributed by atoms with Crippen molar-refractivity contribution in [1.29, 1.82) is 0 Å². The van der Waals surface area contributed by atoms with Crippen molar-refractivity contribution in [3.05, 3.63) is 65.7 Å². The first-order chi connectivity index (χ1) is 11.2. The van der Waals surface area contributed by atoms with Crippen LogP contribution in [0.3, 0.4) is 0 Å². The van der Waals surface area contributed by atoms with Crippen LogP contribution in [0.5, 0.6) is 5.75 Å². The summed E-state index contributed by atoms with van der Waals surface area (Å²) in [7, 11) is 1.66. The first-order valence-corrected chi connectivity index (χ1v) is 8.17. The summed E-state index contributed by atoms with van der Waals surface area (Å²) < 4.78 is 5.33. The van der Waals surface area contributed by atoms with Crippen molar-refractivity contribution in [2.24, 2.45) is 4.99 Å². The van der Waals surface area contributed by atoms with Crippen LogP contribution in [0.25, 0.3) is 0 Å². The van der Waals surface area contributed by atoms with Crippen LogP contribution in [0.4, 0.5) is 0 Å². The Morgan fingerprint density at radius 3 is 2.52 bits per heavy atom. The number of hydrogen-bond donors (Lipinski definition) is 1. The molecule has 0 bridgehead atoms. The molecule has 1 aliphatic carbocycles. The summed E-state index contributed by atoms with van der Waals surface area (Å²) in [5.74, 6) is 0.788. The molecule has 120 valence electrons. The Morgan fingerprint density at radius 2 is 1.83 bits per heavy atom. The highest BCUT2D eigenvalue weighted by Crippen LogP contribution is 2.34. The summed E-state index contributed by atoms with van der Waals surface area (Å²) in [6.45, 7) is 0.579. The Hall–Kier alpha value is -2.13. The molecule has 3 heteroatoms. The molecule has 2 aromatic rings. The van der Waals surface area contributed by atoms with E-state index in [4.69, 9.17) is 9.73 Å². The lowest BCUT2D eigenvalue weighted by molar-refractivity contribution is 0.120. The van der Waals surface area contributed by atoms with Crippen LogP contribution in [0.2, 0.25) is 0 Å². The Labute approximate surface area is 137 Å². The molecule has 23 heavy (non-hydrogen) atoms. The van der Waals surface area contributed by atoms with Crippen molar-refractivity contribution in [3.63, 3.8) is 0 Å². The van der Waals surface area contributed by atoms with Gasteiger partial charge in [-0.2, -0.15) is 0 Å². The van der Waals surface area contributed by atoms with Crippen molar-refractivity contribution in [1.82, 2.24) is 0 Å². The molecule has 3 rings (SSSR count). The molecule has 0 aromatic heterocycles. The molecular formula is C20H23NO2. The van der Waals surface area contributed by atoms with E-state index in [0.29, 0.717) is 6.54 Å². The maximum Gasteiger partial charge on any atom is 0.119 e. The molecule has 1 fully saturated rings. The topological polar surface area (TPSA) is 41.8 Å². The second-order valence-electron chi connectivity index (χ2n) is 6.12. The fourth-order valence-electron chi connectivity index (χ4n) is 3.23. The third-order valence-corrected chi connectivity index (χ3v) is 4.48. The molecule has 0 saturated heterocycles. The molecule has 0 heterocycles. The standard InChI is InChI=1S/C20H23NO2/c1-23-18-11-7-10-17(14-18)19(20(22)12-5-6-13-20)21-15-16-8-3-2-4-9-16/h2-4,7-11,14,22H,5-6,12-13,15H2,1H3/b21-19-. The maximum atomic E-state index is 11.1. The van der Waals surface area contributed by atoms with Gasteiger partial charge in [0.15, 0.2) is 0 Å². The van der Waals surface area contributed by atoms with Crippen molar-refractivity contribution >= 4 is 5.71 Å². The van der Waals surface area contributed by atoms with E-state index < -0.39 is 5.60 Å². The summed E-state index contributed by atoms with van der Waals surface area (Å²) in [5, 5.41) is 11.1. The normalized spacial score (nSPS) is 17.2. The van der Waals surface area contributed by atoms with Gasteiger partial charge in [0.05, 0.1) is 19.4 Å². The van der Waals surface area contributed by atoms with Gasteiger partial charge in [0, 0.05) is 5.56 Å². The first kappa shape index (κ1) is 15.8. The lowest BCUT2D eigenvalue weighted by Gasteiger charge is -2.25. The van der Waals surface area contributed by atoms with Crippen LogP contribution in [0.1, 0.15) is 36.8 Å². The Kier molecular flexibility index (Phi) is 4.77. The van der Waals surface area contributed by atoms with Gasteiger partial charge in [-0.05, 0) is 30.5 Å². The van der Waals surface area contributed by atoms with E-state index in [1.807, 2.05) is 42.5 Å². The fourth-order valence-corrected chi connectivity index (χ4v) is 3.23. The largest absolute Gasteiger partial charge is 0.497 e. The smallest absolute Gasteiger partial charge is 0.119 e. The molecule has 3 nitrogen and oxygen atoms in total. The molecule has 0 amide bonds. The zero-order chi connectivity index (χ0) is 16.1. The van der Waals surface area contributed by atoms with Crippen LogP contribution in [-0.4, -0.2) is 23.5 Å². The lowest BCUT2D eigenvalue weighted by Crippen LogP contribution is -2.36. The minimum Gasteiger partial charge on any atom is -0.497 e. The number of aliphatic imine (C=N–C) groups is 1. The van der Waals surface area contributed by atoms with E-state index >= 15 is 0 Å². The van der Waals surface area contributed by atoms with Crippen molar-refractivity contribution in [2.45, 2.75) is 37.8 Å². The molecule has 1 aliphatic rings. The highest BCUT2D eigenvalue weighted by Gasteiger charge is 2.37. The van der Waals surface area contributed by atoms with Crippen LogP contribution in [-0.2, 0) is 6.54 Å². The van der Waals surface area contributed by atoms with E-state index in [9.17, 15) is 5.11 Å². The molecule has 0 atom stereocenters. The molecule has 2 aromatic carbocycles. The predicted molar refractivity (Wildman–Crippen MR) is 93.1 cm³/mol.